The zero-order chi connectivity index (χ0) is 16.7. The van der Waals surface area contributed by atoms with E-state index in [4.69, 9.17) is 16.3 Å². The van der Waals surface area contributed by atoms with Gasteiger partial charge in [-0.2, -0.15) is 0 Å². The van der Waals surface area contributed by atoms with Gasteiger partial charge in [0.2, 0.25) is 0 Å². The Morgan fingerprint density at radius 3 is 2.38 bits per heavy atom. The first-order chi connectivity index (χ1) is 11.1. The van der Waals surface area contributed by atoms with E-state index in [2.05, 4.69) is 15.6 Å². The van der Waals surface area contributed by atoms with Gasteiger partial charge in [0.1, 0.15) is 11.6 Å². The molecule has 0 atom stereocenters. The maximum atomic E-state index is 13.1. The second kappa shape index (κ2) is 10.4. The van der Waals surface area contributed by atoms with Crippen molar-refractivity contribution in [2.24, 2.45) is 4.99 Å². The maximum Gasteiger partial charge on any atom is 0.191 e. The third kappa shape index (κ3) is 6.16. The molecule has 0 unspecified atom stereocenters. The summed E-state index contributed by atoms with van der Waals surface area (Å²) in [6.45, 7) is 1.11. The van der Waals surface area contributed by atoms with Crippen molar-refractivity contribution < 1.29 is 9.13 Å². The summed E-state index contributed by atoms with van der Waals surface area (Å²) < 4.78 is 18.3. The molecule has 2 N–H and O–H groups in total. The van der Waals surface area contributed by atoms with Gasteiger partial charge < -0.3 is 15.4 Å². The van der Waals surface area contributed by atoms with E-state index in [-0.39, 0.29) is 29.0 Å². The molecular formula is C17H20ClFIN3O. The molecular weight excluding hydrogens is 444 g/mol. The van der Waals surface area contributed by atoms with Gasteiger partial charge in [0.25, 0.3) is 0 Å². The van der Waals surface area contributed by atoms with Crippen LogP contribution in [0.5, 0.6) is 5.75 Å². The molecule has 2 aromatic rings. The Morgan fingerprint density at radius 2 is 1.79 bits per heavy atom. The number of halogens is 3. The Morgan fingerprint density at radius 1 is 1.12 bits per heavy atom. The van der Waals surface area contributed by atoms with E-state index in [9.17, 15) is 4.39 Å². The van der Waals surface area contributed by atoms with Gasteiger partial charge in [-0.05, 0) is 35.4 Å². The lowest BCUT2D eigenvalue weighted by molar-refractivity contribution is 0.414. The second-order valence-corrected chi connectivity index (χ2v) is 5.29. The van der Waals surface area contributed by atoms with Crippen molar-refractivity contribution in [3.05, 3.63) is 64.4 Å². The van der Waals surface area contributed by atoms with Crippen molar-refractivity contribution in [3.63, 3.8) is 0 Å². The van der Waals surface area contributed by atoms with E-state index in [0.29, 0.717) is 19.0 Å². The minimum atomic E-state index is -0.420. The molecule has 7 heteroatoms. The highest BCUT2D eigenvalue weighted by Crippen LogP contribution is 2.16. The highest BCUT2D eigenvalue weighted by molar-refractivity contribution is 14.0. The zero-order valence-electron chi connectivity index (χ0n) is 13.5. The maximum absolute atomic E-state index is 13.1. The first-order valence-electron chi connectivity index (χ1n) is 7.13. The van der Waals surface area contributed by atoms with Crippen LogP contribution in [0.2, 0.25) is 5.02 Å². The Labute approximate surface area is 163 Å². The van der Waals surface area contributed by atoms with Gasteiger partial charge in [-0.15, -0.1) is 24.0 Å². The van der Waals surface area contributed by atoms with Crippen molar-refractivity contribution >= 4 is 41.5 Å². The van der Waals surface area contributed by atoms with E-state index in [1.807, 2.05) is 24.3 Å². The van der Waals surface area contributed by atoms with Crippen LogP contribution in [0.15, 0.2) is 47.5 Å². The Kier molecular flexibility index (Phi) is 8.84. The van der Waals surface area contributed by atoms with Gasteiger partial charge in [0, 0.05) is 20.1 Å². The average molecular weight is 464 g/mol. The molecule has 0 aliphatic heterocycles. The van der Waals surface area contributed by atoms with Gasteiger partial charge in [-0.25, -0.2) is 4.39 Å². The Bertz CT molecular complexity index is 697. The van der Waals surface area contributed by atoms with Crippen LogP contribution in [0.1, 0.15) is 11.1 Å². The lowest BCUT2D eigenvalue weighted by Crippen LogP contribution is -2.36. The Balaban J connectivity index is 0.00000288. The summed E-state index contributed by atoms with van der Waals surface area (Å²) in [6.07, 6.45) is 0. The van der Waals surface area contributed by atoms with Crippen molar-refractivity contribution in [1.29, 1.82) is 0 Å². The van der Waals surface area contributed by atoms with Crippen LogP contribution in [0.4, 0.5) is 4.39 Å². The molecule has 0 bridgehead atoms. The number of ether oxygens (including phenoxy) is 1. The third-order valence-corrected chi connectivity index (χ3v) is 3.55. The number of rotatable bonds is 5. The number of benzene rings is 2. The molecule has 24 heavy (non-hydrogen) atoms. The normalized spacial score (nSPS) is 10.8. The summed E-state index contributed by atoms with van der Waals surface area (Å²) in [5.41, 5.74) is 1.96. The van der Waals surface area contributed by atoms with E-state index in [1.54, 1.807) is 26.3 Å². The van der Waals surface area contributed by atoms with E-state index >= 15 is 0 Å². The van der Waals surface area contributed by atoms with Crippen LogP contribution in [-0.2, 0) is 13.1 Å². The van der Waals surface area contributed by atoms with Gasteiger partial charge in [-0.3, -0.25) is 4.99 Å². The van der Waals surface area contributed by atoms with E-state index in [1.165, 1.54) is 6.07 Å². The molecule has 0 fully saturated rings. The first-order valence-corrected chi connectivity index (χ1v) is 7.51. The molecule has 0 spiro atoms. The molecule has 0 amide bonds. The van der Waals surface area contributed by atoms with Crippen LogP contribution in [0, 0.1) is 5.82 Å². The van der Waals surface area contributed by atoms with Crippen molar-refractivity contribution in [2.45, 2.75) is 13.1 Å². The van der Waals surface area contributed by atoms with Crippen molar-refractivity contribution in [2.75, 3.05) is 14.2 Å². The monoisotopic (exact) mass is 463 g/mol. The number of aliphatic imine (C=N–C) groups is 1. The molecule has 4 nitrogen and oxygen atoms in total. The second-order valence-electron chi connectivity index (χ2n) is 4.88. The van der Waals surface area contributed by atoms with Crippen LogP contribution < -0.4 is 15.4 Å². The van der Waals surface area contributed by atoms with Crippen molar-refractivity contribution in [3.8, 4) is 5.75 Å². The SMILES string of the molecule is CN=C(NCc1cccc(OC)c1)NCc1ccc(F)c(Cl)c1.I. The summed E-state index contributed by atoms with van der Waals surface area (Å²) in [4.78, 5) is 4.16. The average Bonchev–Trinajstić information content (AvgIpc) is 2.58. The lowest BCUT2D eigenvalue weighted by Gasteiger charge is -2.12. The smallest absolute Gasteiger partial charge is 0.191 e. The number of hydrogen-bond acceptors (Lipinski definition) is 2. The molecule has 0 saturated heterocycles. The largest absolute Gasteiger partial charge is 0.497 e. The first kappa shape index (κ1) is 20.5. The van der Waals surface area contributed by atoms with Crippen LogP contribution in [-0.4, -0.2) is 20.1 Å². The summed E-state index contributed by atoms with van der Waals surface area (Å²) in [5, 5.41) is 6.48. The molecule has 0 aliphatic carbocycles. The lowest BCUT2D eigenvalue weighted by atomic mass is 10.2. The standard InChI is InChI=1S/C17H19ClFN3O.HI/c1-20-17(21-10-12-4-3-5-14(8-12)23-2)22-11-13-6-7-16(19)15(18)9-13;/h3-9H,10-11H2,1-2H3,(H2,20,21,22);1H. The minimum Gasteiger partial charge on any atom is -0.497 e. The van der Waals surface area contributed by atoms with Crippen molar-refractivity contribution in [1.82, 2.24) is 10.6 Å². The van der Waals surface area contributed by atoms with Gasteiger partial charge >= 0.3 is 0 Å². The highest BCUT2D eigenvalue weighted by atomic mass is 127. The fourth-order valence-electron chi connectivity index (χ4n) is 2.02. The number of methoxy groups -OCH3 is 1. The van der Waals surface area contributed by atoms with Crippen LogP contribution in [0.3, 0.4) is 0 Å². The highest BCUT2D eigenvalue weighted by Gasteiger charge is 2.03. The predicted molar refractivity (Wildman–Crippen MR) is 107 cm³/mol. The molecule has 0 aromatic heterocycles. The topological polar surface area (TPSA) is 45.7 Å². The number of nitrogens with one attached hydrogen (secondary N) is 2. The predicted octanol–water partition coefficient (Wildman–Crippen LogP) is 3.97. The van der Waals surface area contributed by atoms with Gasteiger partial charge in [0.05, 0.1) is 12.1 Å². The fraction of sp³-hybridized carbons (Fsp3) is 0.235. The number of hydrogen-bond donors (Lipinski definition) is 2. The van der Waals surface area contributed by atoms with Crippen LogP contribution in [0.25, 0.3) is 0 Å². The molecule has 0 radical (unpaired) electrons. The van der Waals surface area contributed by atoms with E-state index in [0.717, 1.165) is 16.9 Å². The molecule has 2 aromatic carbocycles. The third-order valence-electron chi connectivity index (χ3n) is 3.26. The number of guanidine groups is 1. The quantitative estimate of drug-likeness (QED) is 0.401. The summed E-state index contributed by atoms with van der Waals surface area (Å²) in [6, 6.07) is 12.4. The Hall–Kier alpha value is -1.54. The molecule has 0 aliphatic rings. The number of nitrogens with zero attached hydrogens (tertiary/aromatic N) is 1. The van der Waals surface area contributed by atoms with E-state index < -0.39 is 5.82 Å². The molecule has 130 valence electrons. The van der Waals surface area contributed by atoms with Crippen LogP contribution >= 0.6 is 35.6 Å². The molecule has 0 heterocycles. The summed E-state index contributed by atoms with van der Waals surface area (Å²) in [5.74, 6) is 1.04. The fourth-order valence-corrected chi connectivity index (χ4v) is 2.23. The van der Waals surface area contributed by atoms with Gasteiger partial charge in [-0.1, -0.05) is 29.8 Å². The minimum absolute atomic E-state index is 0. The zero-order valence-corrected chi connectivity index (χ0v) is 16.6. The molecule has 0 saturated carbocycles. The summed E-state index contributed by atoms with van der Waals surface area (Å²) in [7, 11) is 3.33. The van der Waals surface area contributed by atoms with Gasteiger partial charge in [0.15, 0.2) is 5.96 Å². The molecule has 2 rings (SSSR count). The summed E-state index contributed by atoms with van der Waals surface area (Å²) >= 11 is 5.77.